The Hall–Kier alpha value is -2.94. The molecule has 0 aliphatic heterocycles. The van der Waals surface area contributed by atoms with E-state index < -0.39 is 10.7 Å². The molecule has 0 aromatic heterocycles. The van der Waals surface area contributed by atoms with Gasteiger partial charge in [-0.15, -0.1) is 0 Å². The van der Waals surface area contributed by atoms with Crippen LogP contribution in [0.5, 0.6) is 0 Å². The van der Waals surface area contributed by atoms with Gasteiger partial charge in [-0.2, -0.15) is 5.26 Å². The molecule has 0 atom stereocenters. The van der Waals surface area contributed by atoms with Crippen molar-refractivity contribution in [1.29, 1.82) is 5.26 Å². The second-order valence-electron chi connectivity index (χ2n) is 4.54. The summed E-state index contributed by atoms with van der Waals surface area (Å²) in [7, 11) is 0. The third-order valence-corrected chi connectivity index (χ3v) is 3.02. The molecule has 1 N–H and O–H groups in total. The maximum atomic E-state index is 13.3. The number of nitriles is 1. The molecule has 0 saturated heterocycles. The van der Waals surface area contributed by atoms with Crippen LogP contribution in [0, 0.1) is 34.2 Å². The van der Waals surface area contributed by atoms with Crippen molar-refractivity contribution in [2.75, 3.05) is 5.32 Å². The molecule has 21 heavy (non-hydrogen) atoms. The van der Waals surface area contributed by atoms with Crippen molar-refractivity contribution in [2.45, 2.75) is 13.5 Å². The van der Waals surface area contributed by atoms with Gasteiger partial charge >= 0.3 is 0 Å². The van der Waals surface area contributed by atoms with Crippen molar-refractivity contribution in [3.05, 3.63) is 69.0 Å². The lowest BCUT2D eigenvalue weighted by atomic mass is 10.1. The molecule has 0 bridgehead atoms. The fourth-order valence-electron chi connectivity index (χ4n) is 2.00. The van der Waals surface area contributed by atoms with E-state index in [4.69, 9.17) is 5.26 Å². The zero-order valence-electron chi connectivity index (χ0n) is 11.3. The topological polar surface area (TPSA) is 79.0 Å². The Labute approximate surface area is 120 Å². The monoisotopic (exact) mass is 285 g/mol. The van der Waals surface area contributed by atoms with Crippen molar-refractivity contribution >= 4 is 11.4 Å². The van der Waals surface area contributed by atoms with E-state index >= 15 is 0 Å². The molecule has 0 amide bonds. The van der Waals surface area contributed by atoms with Crippen molar-refractivity contribution in [2.24, 2.45) is 0 Å². The quantitative estimate of drug-likeness (QED) is 0.688. The van der Waals surface area contributed by atoms with E-state index in [-0.39, 0.29) is 12.2 Å². The first-order valence-electron chi connectivity index (χ1n) is 6.18. The average molecular weight is 285 g/mol. The van der Waals surface area contributed by atoms with Gasteiger partial charge in [-0.1, -0.05) is 12.1 Å². The summed E-state index contributed by atoms with van der Waals surface area (Å²) in [6, 6.07) is 10.8. The van der Waals surface area contributed by atoms with Crippen molar-refractivity contribution in [3.8, 4) is 6.07 Å². The number of anilines is 1. The standard InChI is InChI=1S/C15H12FN3O2/c1-10-3-2-4-15(14(10)8-17)18-9-11-5-12(16)7-13(6-11)19(20)21/h2-7,18H,9H2,1H3. The zero-order valence-corrected chi connectivity index (χ0v) is 11.3. The number of nitro benzene ring substituents is 1. The van der Waals surface area contributed by atoms with Gasteiger partial charge in [0.25, 0.3) is 5.69 Å². The number of nitrogens with one attached hydrogen (secondary N) is 1. The van der Waals surface area contributed by atoms with E-state index in [1.54, 1.807) is 12.1 Å². The molecule has 5 nitrogen and oxygen atoms in total. The number of aryl methyl sites for hydroxylation is 1. The zero-order chi connectivity index (χ0) is 15.4. The van der Waals surface area contributed by atoms with Gasteiger partial charge in [0.1, 0.15) is 11.9 Å². The Morgan fingerprint density at radius 3 is 2.81 bits per heavy atom. The van der Waals surface area contributed by atoms with Crippen LogP contribution in [0.15, 0.2) is 36.4 Å². The molecule has 6 heteroatoms. The van der Waals surface area contributed by atoms with Gasteiger partial charge in [-0.05, 0) is 30.2 Å². The Kier molecular flexibility index (Phi) is 4.14. The van der Waals surface area contributed by atoms with Crippen LogP contribution in [0.2, 0.25) is 0 Å². The van der Waals surface area contributed by atoms with Crippen LogP contribution < -0.4 is 5.32 Å². The highest BCUT2D eigenvalue weighted by Gasteiger charge is 2.10. The molecule has 0 saturated carbocycles. The lowest BCUT2D eigenvalue weighted by molar-refractivity contribution is -0.385. The van der Waals surface area contributed by atoms with Crippen LogP contribution in [0.1, 0.15) is 16.7 Å². The molecule has 106 valence electrons. The highest BCUT2D eigenvalue weighted by molar-refractivity contribution is 5.60. The minimum Gasteiger partial charge on any atom is -0.380 e. The molecular formula is C15H12FN3O2. The smallest absolute Gasteiger partial charge is 0.272 e. The first-order chi connectivity index (χ1) is 10.0. The summed E-state index contributed by atoms with van der Waals surface area (Å²) in [6.45, 7) is 2.01. The van der Waals surface area contributed by atoms with Gasteiger partial charge in [0.15, 0.2) is 0 Å². The minimum atomic E-state index is -0.661. The summed E-state index contributed by atoms with van der Waals surface area (Å²) >= 11 is 0. The number of nitro groups is 1. The van der Waals surface area contributed by atoms with Crippen LogP contribution >= 0.6 is 0 Å². The number of benzene rings is 2. The van der Waals surface area contributed by atoms with Gasteiger partial charge in [-0.3, -0.25) is 10.1 Å². The molecule has 0 spiro atoms. The molecule has 0 radical (unpaired) electrons. The fourth-order valence-corrected chi connectivity index (χ4v) is 2.00. The van der Waals surface area contributed by atoms with Crippen LogP contribution in [-0.4, -0.2) is 4.92 Å². The predicted octanol–water partition coefficient (Wildman–Crippen LogP) is 3.53. The van der Waals surface area contributed by atoms with Crippen molar-refractivity contribution in [3.63, 3.8) is 0 Å². The molecule has 2 aromatic carbocycles. The number of halogens is 1. The summed E-state index contributed by atoms with van der Waals surface area (Å²) in [4.78, 5) is 10.1. The van der Waals surface area contributed by atoms with Gasteiger partial charge in [-0.25, -0.2) is 4.39 Å². The first-order valence-corrected chi connectivity index (χ1v) is 6.18. The lowest BCUT2D eigenvalue weighted by Crippen LogP contribution is -2.03. The molecule has 0 heterocycles. The minimum absolute atomic E-state index is 0.191. The second kappa shape index (κ2) is 6.01. The Morgan fingerprint density at radius 1 is 1.38 bits per heavy atom. The van der Waals surface area contributed by atoms with Crippen LogP contribution in [0.4, 0.5) is 15.8 Å². The molecule has 0 fully saturated rings. The summed E-state index contributed by atoms with van der Waals surface area (Å²) in [5.74, 6) is -0.661. The van der Waals surface area contributed by atoms with E-state index in [1.165, 1.54) is 12.1 Å². The Bertz CT molecular complexity index is 738. The van der Waals surface area contributed by atoms with E-state index in [9.17, 15) is 14.5 Å². The second-order valence-corrected chi connectivity index (χ2v) is 4.54. The number of non-ortho nitro benzene ring substituents is 1. The third-order valence-electron chi connectivity index (χ3n) is 3.02. The summed E-state index contributed by atoms with van der Waals surface area (Å²) in [5.41, 5.74) is 2.09. The summed E-state index contributed by atoms with van der Waals surface area (Å²) in [6.07, 6.45) is 0. The van der Waals surface area contributed by atoms with E-state index in [0.29, 0.717) is 16.8 Å². The van der Waals surface area contributed by atoms with Gasteiger partial charge < -0.3 is 5.32 Å². The van der Waals surface area contributed by atoms with Crippen LogP contribution in [0.25, 0.3) is 0 Å². The summed E-state index contributed by atoms with van der Waals surface area (Å²) in [5, 5.41) is 22.8. The molecule has 0 aliphatic carbocycles. The first kappa shape index (κ1) is 14.5. The molecule has 2 rings (SSSR count). The Balaban J connectivity index is 2.23. The maximum absolute atomic E-state index is 13.3. The van der Waals surface area contributed by atoms with Crippen LogP contribution in [-0.2, 0) is 6.54 Å². The SMILES string of the molecule is Cc1cccc(NCc2cc(F)cc([N+](=O)[O-])c2)c1C#N. The summed E-state index contributed by atoms with van der Waals surface area (Å²) < 4.78 is 13.3. The number of nitrogens with zero attached hydrogens (tertiary/aromatic N) is 2. The predicted molar refractivity (Wildman–Crippen MR) is 76.3 cm³/mol. The lowest BCUT2D eigenvalue weighted by Gasteiger charge is -2.10. The van der Waals surface area contributed by atoms with Gasteiger partial charge in [0.05, 0.1) is 22.2 Å². The van der Waals surface area contributed by atoms with E-state index in [2.05, 4.69) is 11.4 Å². The highest BCUT2D eigenvalue weighted by Crippen LogP contribution is 2.21. The van der Waals surface area contributed by atoms with Crippen LogP contribution in [0.3, 0.4) is 0 Å². The third kappa shape index (κ3) is 3.34. The Morgan fingerprint density at radius 2 is 2.14 bits per heavy atom. The maximum Gasteiger partial charge on any atom is 0.272 e. The number of rotatable bonds is 4. The van der Waals surface area contributed by atoms with E-state index in [1.807, 2.05) is 13.0 Å². The molecular weight excluding hydrogens is 273 g/mol. The number of hydrogen-bond donors (Lipinski definition) is 1. The average Bonchev–Trinajstić information content (AvgIpc) is 2.44. The van der Waals surface area contributed by atoms with Crippen molar-refractivity contribution in [1.82, 2.24) is 0 Å². The number of hydrogen-bond acceptors (Lipinski definition) is 4. The molecule has 2 aromatic rings. The molecule has 0 unspecified atom stereocenters. The van der Waals surface area contributed by atoms with Crippen molar-refractivity contribution < 1.29 is 9.31 Å². The molecule has 0 aliphatic rings. The van der Waals surface area contributed by atoms with E-state index in [0.717, 1.165) is 11.6 Å². The fraction of sp³-hybridized carbons (Fsp3) is 0.133. The normalized spacial score (nSPS) is 9.95. The highest BCUT2D eigenvalue weighted by atomic mass is 19.1. The van der Waals surface area contributed by atoms with Gasteiger partial charge in [0.2, 0.25) is 0 Å². The largest absolute Gasteiger partial charge is 0.380 e. The van der Waals surface area contributed by atoms with Gasteiger partial charge in [0, 0.05) is 12.6 Å².